The van der Waals surface area contributed by atoms with E-state index < -0.39 is 18.0 Å². The van der Waals surface area contributed by atoms with Crippen LogP contribution in [0, 0.1) is 0 Å². The minimum atomic E-state index is -0.661. The molecule has 0 spiro atoms. The van der Waals surface area contributed by atoms with Gasteiger partial charge in [-0.15, -0.1) is 0 Å². The Morgan fingerprint density at radius 2 is 1.93 bits per heavy atom. The van der Waals surface area contributed by atoms with Crippen LogP contribution in [0.25, 0.3) is 10.8 Å². The third-order valence-corrected chi connectivity index (χ3v) is 4.68. The first-order valence-corrected chi connectivity index (χ1v) is 9.06. The zero-order valence-electron chi connectivity index (χ0n) is 15.3. The molecule has 6 heteroatoms. The van der Waals surface area contributed by atoms with Crippen molar-refractivity contribution in [2.45, 2.75) is 19.4 Å². The highest BCUT2D eigenvalue weighted by atomic mass is 16.5. The Balaban J connectivity index is 1.76. The molecule has 0 radical (unpaired) electrons. The first-order valence-electron chi connectivity index (χ1n) is 9.06. The van der Waals surface area contributed by atoms with Crippen LogP contribution in [0.4, 0.5) is 5.69 Å². The van der Waals surface area contributed by atoms with Crippen LogP contribution in [0.1, 0.15) is 22.8 Å². The quantitative estimate of drug-likeness (QED) is 0.533. The summed E-state index contributed by atoms with van der Waals surface area (Å²) in [6.07, 6.45) is 0.355. The van der Waals surface area contributed by atoms with E-state index in [-0.39, 0.29) is 12.4 Å². The second-order valence-electron chi connectivity index (χ2n) is 6.56. The number of ether oxygens (including phenoxy) is 2. The number of hydrogen-bond donors (Lipinski definition) is 2. The standard InChI is InChI=1S/C22H19NO5/c1-2-27-21(25)17-12-14-5-3-4-6-16(14)20-19(17)23-18(22(26)28-20)11-13-7-9-15(24)10-8-13/h3-10,12,18,23-24H,2,11H2,1H3/t18-/m0/s1. The molecule has 0 aliphatic carbocycles. The van der Waals surface area contributed by atoms with E-state index in [4.69, 9.17) is 9.47 Å². The largest absolute Gasteiger partial charge is 0.508 e. The summed E-state index contributed by atoms with van der Waals surface area (Å²) in [5.74, 6) is -0.400. The number of phenols is 1. The second kappa shape index (κ2) is 7.23. The third-order valence-electron chi connectivity index (χ3n) is 4.68. The van der Waals surface area contributed by atoms with E-state index in [9.17, 15) is 14.7 Å². The van der Waals surface area contributed by atoms with Crippen LogP contribution in [0.5, 0.6) is 11.5 Å². The Morgan fingerprint density at radius 1 is 1.18 bits per heavy atom. The summed E-state index contributed by atoms with van der Waals surface area (Å²) in [4.78, 5) is 25.1. The Bertz CT molecular complexity index is 1060. The fraction of sp³-hybridized carbons (Fsp3) is 0.182. The molecule has 0 unspecified atom stereocenters. The van der Waals surface area contributed by atoms with E-state index in [0.29, 0.717) is 23.4 Å². The van der Waals surface area contributed by atoms with E-state index in [1.807, 2.05) is 24.3 Å². The first kappa shape index (κ1) is 17.9. The maximum atomic E-state index is 12.6. The summed E-state index contributed by atoms with van der Waals surface area (Å²) in [6, 6.07) is 15.1. The van der Waals surface area contributed by atoms with Crippen LogP contribution in [-0.4, -0.2) is 29.7 Å². The topological polar surface area (TPSA) is 84.9 Å². The highest BCUT2D eigenvalue weighted by Crippen LogP contribution is 2.40. The van der Waals surface area contributed by atoms with E-state index in [1.54, 1.807) is 37.3 Å². The van der Waals surface area contributed by atoms with Crippen molar-refractivity contribution in [3.63, 3.8) is 0 Å². The lowest BCUT2D eigenvalue weighted by atomic mass is 9.99. The molecule has 0 fully saturated rings. The maximum Gasteiger partial charge on any atom is 0.340 e. The summed E-state index contributed by atoms with van der Waals surface area (Å²) < 4.78 is 10.9. The number of carbonyl (C=O) groups excluding carboxylic acids is 2. The van der Waals surface area contributed by atoms with Crippen molar-refractivity contribution in [1.29, 1.82) is 0 Å². The Morgan fingerprint density at radius 3 is 2.68 bits per heavy atom. The number of rotatable bonds is 4. The van der Waals surface area contributed by atoms with Gasteiger partial charge in [0, 0.05) is 11.8 Å². The van der Waals surface area contributed by atoms with Gasteiger partial charge in [0.05, 0.1) is 17.9 Å². The van der Waals surface area contributed by atoms with E-state index in [2.05, 4.69) is 5.32 Å². The molecule has 6 nitrogen and oxygen atoms in total. The molecule has 0 saturated heterocycles. The molecule has 1 aliphatic heterocycles. The average Bonchev–Trinajstić information content (AvgIpc) is 2.70. The van der Waals surface area contributed by atoms with Gasteiger partial charge in [0.1, 0.15) is 11.8 Å². The van der Waals surface area contributed by atoms with E-state index >= 15 is 0 Å². The molecular formula is C22H19NO5. The predicted octanol–water partition coefficient (Wildman–Crippen LogP) is 3.66. The van der Waals surface area contributed by atoms with Crippen molar-refractivity contribution in [3.05, 3.63) is 65.7 Å². The lowest BCUT2D eigenvalue weighted by molar-refractivity contribution is -0.135. The Kier molecular flexibility index (Phi) is 4.61. The fourth-order valence-electron chi connectivity index (χ4n) is 3.34. The van der Waals surface area contributed by atoms with Crippen molar-refractivity contribution in [3.8, 4) is 11.5 Å². The number of phenolic OH excluding ortho intramolecular Hbond substituents is 1. The summed E-state index contributed by atoms with van der Waals surface area (Å²) in [5, 5.41) is 14.1. The van der Waals surface area contributed by atoms with Crippen molar-refractivity contribution in [2.75, 3.05) is 11.9 Å². The third kappa shape index (κ3) is 3.24. The van der Waals surface area contributed by atoms with Gasteiger partial charge in [-0.05, 0) is 36.1 Å². The van der Waals surface area contributed by atoms with Crippen LogP contribution >= 0.6 is 0 Å². The minimum Gasteiger partial charge on any atom is -0.508 e. The number of fused-ring (bicyclic) bond motifs is 3. The summed E-state index contributed by atoms with van der Waals surface area (Å²) in [6.45, 7) is 1.99. The first-order chi connectivity index (χ1) is 13.6. The predicted molar refractivity (Wildman–Crippen MR) is 105 cm³/mol. The molecule has 1 aliphatic rings. The molecule has 0 saturated carbocycles. The van der Waals surface area contributed by atoms with Gasteiger partial charge in [-0.3, -0.25) is 0 Å². The summed E-state index contributed by atoms with van der Waals surface area (Å²) >= 11 is 0. The van der Waals surface area contributed by atoms with Gasteiger partial charge < -0.3 is 19.9 Å². The van der Waals surface area contributed by atoms with Crippen LogP contribution < -0.4 is 10.1 Å². The maximum absolute atomic E-state index is 12.6. The van der Waals surface area contributed by atoms with Gasteiger partial charge in [0.2, 0.25) is 0 Å². The summed E-state index contributed by atoms with van der Waals surface area (Å²) in [7, 11) is 0. The molecule has 1 atom stereocenters. The smallest absolute Gasteiger partial charge is 0.340 e. The number of benzene rings is 3. The van der Waals surface area contributed by atoms with E-state index in [1.165, 1.54) is 0 Å². The minimum absolute atomic E-state index is 0.157. The molecule has 0 amide bonds. The molecule has 3 aromatic rings. The number of aromatic hydroxyl groups is 1. The molecule has 142 valence electrons. The zero-order valence-corrected chi connectivity index (χ0v) is 15.3. The molecular weight excluding hydrogens is 358 g/mol. The van der Waals surface area contributed by atoms with Crippen LogP contribution in [-0.2, 0) is 16.0 Å². The number of hydrogen-bond acceptors (Lipinski definition) is 6. The molecule has 2 N–H and O–H groups in total. The van der Waals surface area contributed by atoms with Crippen molar-refractivity contribution < 1.29 is 24.2 Å². The highest BCUT2D eigenvalue weighted by Gasteiger charge is 2.33. The van der Waals surface area contributed by atoms with Crippen LogP contribution in [0.3, 0.4) is 0 Å². The van der Waals surface area contributed by atoms with Gasteiger partial charge in [0.25, 0.3) is 0 Å². The van der Waals surface area contributed by atoms with Gasteiger partial charge in [0.15, 0.2) is 5.75 Å². The van der Waals surface area contributed by atoms with Crippen molar-refractivity contribution in [1.82, 2.24) is 0 Å². The number of anilines is 1. The highest BCUT2D eigenvalue weighted by molar-refractivity contribution is 6.08. The van der Waals surface area contributed by atoms with Gasteiger partial charge >= 0.3 is 11.9 Å². The number of esters is 2. The molecule has 28 heavy (non-hydrogen) atoms. The molecule has 0 aromatic heterocycles. The monoisotopic (exact) mass is 377 g/mol. The van der Waals surface area contributed by atoms with Crippen LogP contribution in [0.2, 0.25) is 0 Å². The van der Waals surface area contributed by atoms with Crippen molar-refractivity contribution >= 4 is 28.4 Å². The number of carbonyl (C=O) groups is 2. The molecule has 4 rings (SSSR count). The normalized spacial score (nSPS) is 15.5. The Labute approximate surface area is 161 Å². The van der Waals surface area contributed by atoms with Gasteiger partial charge in [-0.2, -0.15) is 0 Å². The number of nitrogens with one attached hydrogen (secondary N) is 1. The van der Waals surface area contributed by atoms with Crippen LogP contribution in [0.15, 0.2) is 54.6 Å². The SMILES string of the molecule is CCOC(=O)c1cc2ccccc2c2c1N[C@@H](Cc1ccc(O)cc1)C(=O)O2. The van der Waals surface area contributed by atoms with Gasteiger partial charge in [-0.1, -0.05) is 36.4 Å². The van der Waals surface area contributed by atoms with Crippen molar-refractivity contribution in [2.24, 2.45) is 0 Å². The second-order valence-corrected chi connectivity index (χ2v) is 6.56. The zero-order chi connectivity index (χ0) is 19.7. The lowest BCUT2D eigenvalue weighted by Gasteiger charge is -2.28. The molecule has 1 heterocycles. The van der Waals surface area contributed by atoms with E-state index in [0.717, 1.165) is 16.3 Å². The molecule has 0 bridgehead atoms. The lowest BCUT2D eigenvalue weighted by Crippen LogP contribution is -2.39. The Hall–Kier alpha value is -3.54. The average molecular weight is 377 g/mol. The molecule has 3 aromatic carbocycles. The summed E-state index contributed by atoms with van der Waals surface area (Å²) in [5.41, 5.74) is 1.65. The fourth-order valence-corrected chi connectivity index (χ4v) is 3.34. The van der Waals surface area contributed by atoms with Gasteiger partial charge in [-0.25, -0.2) is 9.59 Å².